The normalized spacial score (nSPS) is 17.5. The molecule has 48 heavy (non-hydrogen) atoms. The number of benzene rings is 2. The van der Waals surface area contributed by atoms with Gasteiger partial charge in [-0.2, -0.15) is 22.7 Å². The first-order chi connectivity index (χ1) is 22.9. The lowest BCUT2D eigenvalue weighted by atomic mass is 9.71. The third-order valence-corrected chi connectivity index (χ3v) is 9.30. The van der Waals surface area contributed by atoms with Crippen LogP contribution in [0.1, 0.15) is 46.6 Å². The lowest BCUT2D eigenvalue weighted by Crippen LogP contribution is -2.44. The lowest BCUT2D eigenvalue weighted by molar-refractivity contribution is -0.137. The molecule has 11 nitrogen and oxygen atoms in total. The Morgan fingerprint density at radius 1 is 1.06 bits per heavy atom. The Labute approximate surface area is 275 Å². The van der Waals surface area contributed by atoms with Gasteiger partial charge in [0.1, 0.15) is 12.3 Å². The second kappa shape index (κ2) is 11.8. The molecular formula is C33H27ClF3N7O4. The maximum absolute atomic E-state index is 14.3. The topological polar surface area (TPSA) is 135 Å². The highest BCUT2D eigenvalue weighted by Gasteiger charge is 2.47. The van der Waals surface area contributed by atoms with Crippen LogP contribution < -0.4 is 10.9 Å². The van der Waals surface area contributed by atoms with Crippen molar-refractivity contribution in [3.63, 3.8) is 0 Å². The van der Waals surface area contributed by atoms with E-state index in [-0.39, 0.29) is 46.8 Å². The van der Waals surface area contributed by atoms with Crippen molar-refractivity contribution in [2.45, 2.75) is 43.8 Å². The van der Waals surface area contributed by atoms with Crippen molar-refractivity contribution in [2.24, 2.45) is 0 Å². The van der Waals surface area contributed by atoms with Gasteiger partial charge in [0.15, 0.2) is 11.5 Å². The summed E-state index contributed by atoms with van der Waals surface area (Å²) in [5, 5.41) is 17.1. The highest BCUT2D eigenvalue weighted by Crippen LogP contribution is 2.43. The number of hydrogen-bond donors (Lipinski definition) is 2. The van der Waals surface area contributed by atoms with Gasteiger partial charge in [0, 0.05) is 41.5 Å². The minimum atomic E-state index is -4.61. The zero-order chi connectivity index (χ0) is 33.8. The number of amides is 2. The second-order valence-corrected chi connectivity index (χ2v) is 12.4. The van der Waals surface area contributed by atoms with Gasteiger partial charge in [0.05, 0.1) is 16.3 Å². The number of aromatic hydroxyl groups is 1. The van der Waals surface area contributed by atoms with E-state index in [1.54, 1.807) is 33.7 Å². The van der Waals surface area contributed by atoms with E-state index in [2.05, 4.69) is 20.4 Å². The third kappa shape index (κ3) is 5.45. The standard InChI is InChI=1S/C33H27ClF3N7O4/c34-21-16-20(33(35,36)37)10-11-22(21)39-25(46)17-43-23-8-4-12-32(13-15-42(18-32)30(48)27-24(45)9-5-14-38-27)26(23)29(47)44-31(43)40-28(41-44)19-6-2-1-3-7-19/h1-3,5-7,9-11,14,16,45H,4,8,12-13,15,17-18H2,(H,39,46). The smallest absolute Gasteiger partial charge is 0.416 e. The van der Waals surface area contributed by atoms with Crippen molar-refractivity contribution in [3.8, 4) is 17.1 Å². The van der Waals surface area contributed by atoms with Crippen molar-refractivity contribution < 1.29 is 27.9 Å². The van der Waals surface area contributed by atoms with Crippen LogP contribution >= 0.6 is 11.6 Å². The van der Waals surface area contributed by atoms with Crippen LogP contribution in [0.2, 0.25) is 5.02 Å². The van der Waals surface area contributed by atoms with Crippen molar-refractivity contribution in [1.29, 1.82) is 0 Å². The second-order valence-electron chi connectivity index (χ2n) is 11.9. The van der Waals surface area contributed by atoms with E-state index < -0.39 is 34.5 Å². The minimum Gasteiger partial charge on any atom is -0.505 e. The number of anilines is 1. The molecule has 0 saturated carbocycles. The summed E-state index contributed by atoms with van der Waals surface area (Å²) < 4.78 is 42.3. The first-order valence-corrected chi connectivity index (χ1v) is 15.5. The fourth-order valence-corrected chi connectivity index (χ4v) is 7.01. The molecule has 5 aromatic rings. The Hall–Kier alpha value is -5.24. The largest absolute Gasteiger partial charge is 0.505 e. The average molecular weight is 678 g/mol. The number of nitrogens with one attached hydrogen (secondary N) is 1. The molecule has 1 aliphatic heterocycles. The molecule has 1 saturated heterocycles. The Balaban J connectivity index is 1.31. The zero-order valence-electron chi connectivity index (χ0n) is 25.2. The van der Waals surface area contributed by atoms with E-state index in [4.69, 9.17) is 11.6 Å². The van der Waals surface area contributed by atoms with Crippen LogP contribution in [0, 0.1) is 0 Å². The Bertz CT molecular complexity index is 2150. The van der Waals surface area contributed by atoms with Crippen LogP contribution in [-0.2, 0) is 29.4 Å². The van der Waals surface area contributed by atoms with Gasteiger partial charge in [-0.05, 0) is 56.0 Å². The average Bonchev–Trinajstić information content (AvgIpc) is 3.70. The highest BCUT2D eigenvalue weighted by atomic mass is 35.5. The van der Waals surface area contributed by atoms with Gasteiger partial charge in [-0.25, -0.2) is 4.98 Å². The molecule has 0 radical (unpaired) electrons. The number of pyridine rings is 1. The quantitative estimate of drug-likeness (QED) is 0.265. The molecule has 15 heteroatoms. The monoisotopic (exact) mass is 677 g/mol. The van der Waals surface area contributed by atoms with E-state index in [0.29, 0.717) is 49.0 Å². The number of nitrogens with zero attached hydrogens (tertiary/aromatic N) is 6. The number of alkyl halides is 3. The number of carbonyl (C=O) groups excluding carboxylic acids is 2. The third-order valence-electron chi connectivity index (χ3n) is 8.99. The maximum Gasteiger partial charge on any atom is 0.416 e. The number of hydrogen-bond acceptors (Lipinski definition) is 7. The van der Waals surface area contributed by atoms with Crippen LogP contribution in [0.25, 0.3) is 17.2 Å². The van der Waals surface area contributed by atoms with Gasteiger partial charge in [-0.3, -0.25) is 14.4 Å². The fraction of sp³-hybridized carbons (Fsp3) is 0.273. The Kier molecular flexibility index (Phi) is 7.69. The minimum absolute atomic E-state index is 0.00812. The molecule has 1 aliphatic carbocycles. The molecule has 7 rings (SSSR count). The molecular weight excluding hydrogens is 651 g/mol. The van der Waals surface area contributed by atoms with Gasteiger partial charge in [0.25, 0.3) is 11.5 Å². The highest BCUT2D eigenvalue weighted by molar-refractivity contribution is 6.33. The lowest BCUT2D eigenvalue weighted by Gasteiger charge is -2.36. The summed E-state index contributed by atoms with van der Waals surface area (Å²) in [5.41, 5.74) is -0.591. The van der Waals surface area contributed by atoms with Crippen LogP contribution in [-0.4, -0.2) is 59.1 Å². The van der Waals surface area contributed by atoms with Crippen molar-refractivity contribution >= 4 is 34.9 Å². The molecule has 2 aromatic carbocycles. The number of likely N-dealkylation sites (tertiary alicyclic amines) is 1. The molecule has 1 fully saturated rings. The summed E-state index contributed by atoms with van der Waals surface area (Å²) in [6, 6.07) is 14.6. The summed E-state index contributed by atoms with van der Waals surface area (Å²) >= 11 is 6.12. The van der Waals surface area contributed by atoms with E-state index in [9.17, 15) is 32.7 Å². The predicted octanol–water partition coefficient (Wildman–Crippen LogP) is 5.09. The zero-order valence-corrected chi connectivity index (χ0v) is 25.9. The van der Waals surface area contributed by atoms with Crippen LogP contribution in [0.15, 0.2) is 71.7 Å². The van der Waals surface area contributed by atoms with Crippen molar-refractivity contribution in [3.05, 3.63) is 105 Å². The van der Waals surface area contributed by atoms with Crippen LogP contribution in [0.3, 0.4) is 0 Å². The number of rotatable bonds is 5. The molecule has 2 N–H and O–H groups in total. The first kappa shape index (κ1) is 31.4. The molecule has 3 aromatic heterocycles. The number of carbonyl (C=O) groups is 2. The molecule has 1 spiro atoms. The summed E-state index contributed by atoms with van der Waals surface area (Å²) in [6.07, 6.45) is -1.07. The fourth-order valence-electron chi connectivity index (χ4n) is 6.78. The van der Waals surface area contributed by atoms with Crippen LogP contribution in [0.5, 0.6) is 5.75 Å². The Morgan fingerprint density at radius 3 is 2.58 bits per heavy atom. The van der Waals surface area contributed by atoms with Gasteiger partial charge >= 0.3 is 6.18 Å². The molecule has 1 unspecified atom stereocenters. The van der Waals surface area contributed by atoms with Crippen LogP contribution in [0.4, 0.5) is 18.9 Å². The number of fused-ring (bicyclic) bond motifs is 3. The molecule has 2 amide bonds. The number of halogens is 4. The Morgan fingerprint density at radius 2 is 1.85 bits per heavy atom. The van der Waals surface area contributed by atoms with Gasteiger partial charge in [0.2, 0.25) is 11.7 Å². The molecule has 4 heterocycles. The summed E-state index contributed by atoms with van der Waals surface area (Å²) in [4.78, 5) is 51.6. The van der Waals surface area contributed by atoms with E-state index in [0.717, 1.165) is 18.2 Å². The van der Waals surface area contributed by atoms with Gasteiger partial charge in [-0.1, -0.05) is 41.9 Å². The molecule has 246 valence electrons. The van der Waals surface area contributed by atoms with Crippen molar-refractivity contribution in [1.82, 2.24) is 29.0 Å². The van der Waals surface area contributed by atoms with Gasteiger partial charge in [-0.15, -0.1) is 5.10 Å². The maximum atomic E-state index is 14.3. The van der Waals surface area contributed by atoms with E-state index >= 15 is 0 Å². The summed E-state index contributed by atoms with van der Waals surface area (Å²) in [6.45, 7) is 0.144. The number of aromatic nitrogens is 5. The molecule has 0 bridgehead atoms. The predicted molar refractivity (Wildman–Crippen MR) is 169 cm³/mol. The van der Waals surface area contributed by atoms with E-state index in [1.807, 2.05) is 6.07 Å². The molecule has 1 atom stereocenters. The van der Waals surface area contributed by atoms with Gasteiger partial charge < -0.3 is 19.9 Å². The first-order valence-electron chi connectivity index (χ1n) is 15.1. The van der Waals surface area contributed by atoms with E-state index in [1.165, 1.54) is 22.8 Å². The van der Waals surface area contributed by atoms with Crippen molar-refractivity contribution in [2.75, 3.05) is 18.4 Å². The SMILES string of the molecule is O=C(Cn1c2c(c(=O)n3nc(-c4ccccc4)nc13)C1(CCC2)CCN(C(=O)c2ncccc2O)C1)Nc1ccc(C(F)(F)F)cc1Cl. The molecule has 2 aliphatic rings. The summed E-state index contributed by atoms with van der Waals surface area (Å²) in [5.74, 6) is -0.933. The summed E-state index contributed by atoms with van der Waals surface area (Å²) in [7, 11) is 0.